The molecule has 1 saturated heterocycles. The first-order valence-electron chi connectivity index (χ1n) is 12.6. The Morgan fingerprint density at radius 3 is 2.75 bits per heavy atom. The number of ether oxygens (including phenoxy) is 1. The molecular weight excluding hydrogens is 480 g/mol. The lowest BCUT2D eigenvalue weighted by atomic mass is 10.1. The van der Waals surface area contributed by atoms with Gasteiger partial charge in [0.15, 0.2) is 18.2 Å². The van der Waals surface area contributed by atoms with Crippen molar-refractivity contribution in [3.05, 3.63) is 45.8 Å². The third-order valence-corrected chi connectivity index (χ3v) is 7.07. The van der Waals surface area contributed by atoms with Crippen LogP contribution >= 0.6 is 11.6 Å². The number of hydrogen-bond acceptors (Lipinski definition) is 7. The number of aromatic nitrogens is 3. The summed E-state index contributed by atoms with van der Waals surface area (Å²) in [6.45, 7) is 2.27. The van der Waals surface area contributed by atoms with Crippen molar-refractivity contribution in [1.82, 2.24) is 19.9 Å². The van der Waals surface area contributed by atoms with Crippen molar-refractivity contribution in [1.29, 1.82) is 0 Å². The van der Waals surface area contributed by atoms with Gasteiger partial charge in [-0.3, -0.25) is 9.59 Å². The number of carbonyl (C=O) groups excluding carboxylic acids is 1. The van der Waals surface area contributed by atoms with Gasteiger partial charge in [0.2, 0.25) is 5.95 Å². The number of pyridine rings is 1. The van der Waals surface area contributed by atoms with E-state index in [0.29, 0.717) is 29.3 Å². The van der Waals surface area contributed by atoms with Gasteiger partial charge in [-0.05, 0) is 55.9 Å². The van der Waals surface area contributed by atoms with E-state index in [1.807, 2.05) is 18.2 Å². The van der Waals surface area contributed by atoms with Gasteiger partial charge >= 0.3 is 0 Å². The van der Waals surface area contributed by atoms with Gasteiger partial charge in [0.05, 0.1) is 11.7 Å². The van der Waals surface area contributed by atoms with Crippen LogP contribution in [0.2, 0.25) is 5.02 Å². The minimum Gasteiger partial charge on any atom is -0.478 e. The number of nitrogens with zero attached hydrogens (tertiary/aromatic N) is 4. The molecule has 10 heteroatoms. The van der Waals surface area contributed by atoms with E-state index in [2.05, 4.69) is 25.5 Å². The first kappa shape index (κ1) is 24.4. The number of benzene rings is 1. The SMILES string of the molecule is CNC(=O)COc1cc2cc(Nc3nc(N4CCCCC4)ncc3Cl)ccc2n(CCC2CC2)c1=O. The maximum Gasteiger partial charge on any atom is 0.293 e. The normalized spacial score (nSPS) is 15.7. The Morgan fingerprint density at radius 2 is 2.00 bits per heavy atom. The quantitative estimate of drug-likeness (QED) is 0.446. The van der Waals surface area contributed by atoms with E-state index in [-0.39, 0.29) is 23.8 Å². The van der Waals surface area contributed by atoms with Crippen molar-refractivity contribution in [3.63, 3.8) is 0 Å². The van der Waals surface area contributed by atoms with Crippen molar-refractivity contribution >= 4 is 45.9 Å². The highest BCUT2D eigenvalue weighted by Crippen LogP contribution is 2.33. The zero-order chi connectivity index (χ0) is 25.1. The topological polar surface area (TPSA) is 101 Å². The van der Waals surface area contributed by atoms with E-state index < -0.39 is 0 Å². The van der Waals surface area contributed by atoms with Crippen molar-refractivity contribution in [3.8, 4) is 5.75 Å². The van der Waals surface area contributed by atoms with Gasteiger partial charge in [0, 0.05) is 37.8 Å². The monoisotopic (exact) mass is 510 g/mol. The molecule has 1 aliphatic heterocycles. The number of piperidine rings is 1. The second-order valence-electron chi connectivity index (χ2n) is 9.47. The van der Waals surface area contributed by atoms with Gasteiger partial charge in [-0.2, -0.15) is 4.98 Å². The van der Waals surface area contributed by atoms with Crippen LogP contribution in [-0.4, -0.2) is 47.2 Å². The summed E-state index contributed by atoms with van der Waals surface area (Å²) in [6, 6.07) is 7.48. The second-order valence-corrected chi connectivity index (χ2v) is 9.88. The maximum atomic E-state index is 13.2. The summed E-state index contributed by atoms with van der Waals surface area (Å²) in [7, 11) is 1.53. The molecule has 9 nitrogen and oxygen atoms in total. The van der Waals surface area contributed by atoms with Crippen LogP contribution in [0.1, 0.15) is 38.5 Å². The molecule has 2 aromatic heterocycles. The fourth-order valence-corrected chi connectivity index (χ4v) is 4.66. The molecular formula is C26H31ClN6O3. The van der Waals surface area contributed by atoms with E-state index in [0.717, 1.165) is 48.9 Å². The van der Waals surface area contributed by atoms with E-state index in [1.54, 1.807) is 16.8 Å². The average molecular weight is 511 g/mol. The fourth-order valence-electron chi connectivity index (χ4n) is 4.53. The van der Waals surface area contributed by atoms with E-state index >= 15 is 0 Å². The minimum atomic E-state index is -0.294. The highest BCUT2D eigenvalue weighted by molar-refractivity contribution is 6.32. The predicted octanol–water partition coefficient (Wildman–Crippen LogP) is 4.10. The van der Waals surface area contributed by atoms with Gasteiger partial charge in [-0.15, -0.1) is 0 Å². The number of amides is 1. The Morgan fingerprint density at radius 1 is 1.19 bits per heavy atom. The molecule has 2 fully saturated rings. The summed E-state index contributed by atoms with van der Waals surface area (Å²) in [6.07, 6.45) is 8.50. The second kappa shape index (κ2) is 10.7. The first-order valence-corrected chi connectivity index (χ1v) is 12.9. The van der Waals surface area contributed by atoms with Crippen molar-refractivity contribution < 1.29 is 9.53 Å². The molecule has 36 heavy (non-hydrogen) atoms. The number of halogens is 1. The fraction of sp³-hybridized carbons (Fsp3) is 0.462. The number of fused-ring (bicyclic) bond motifs is 1. The average Bonchev–Trinajstić information content (AvgIpc) is 3.73. The number of rotatable bonds is 9. The lowest BCUT2D eigenvalue weighted by Gasteiger charge is -2.26. The number of hydrogen-bond donors (Lipinski definition) is 2. The number of aryl methyl sites for hydroxylation is 1. The molecule has 0 unspecified atom stereocenters. The Kier molecular flexibility index (Phi) is 7.27. The van der Waals surface area contributed by atoms with E-state index in [4.69, 9.17) is 16.3 Å². The molecule has 1 amide bonds. The van der Waals surface area contributed by atoms with Gasteiger partial charge in [0.1, 0.15) is 5.02 Å². The van der Waals surface area contributed by atoms with Crippen LogP contribution in [0.5, 0.6) is 5.75 Å². The molecule has 1 saturated carbocycles. The van der Waals surface area contributed by atoms with E-state index in [1.165, 1.54) is 26.3 Å². The third-order valence-electron chi connectivity index (χ3n) is 6.79. The summed E-state index contributed by atoms with van der Waals surface area (Å²) in [5, 5.41) is 7.08. The highest BCUT2D eigenvalue weighted by Gasteiger charge is 2.22. The standard InChI is InChI=1S/C26H31ClN6O3/c1-28-23(34)16-36-22-14-18-13-19(7-8-21(18)33(25(22)35)12-9-17-5-6-17)30-24-20(27)15-29-26(31-24)32-10-3-2-4-11-32/h7-8,13-15,17H,2-6,9-12,16H2,1H3,(H,28,34)(H,29,30,31). The Balaban J connectivity index is 1.45. The minimum absolute atomic E-state index is 0.159. The largest absolute Gasteiger partial charge is 0.478 e. The zero-order valence-corrected chi connectivity index (χ0v) is 21.2. The van der Waals surface area contributed by atoms with Crippen LogP contribution in [0.15, 0.2) is 35.3 Å². The van der Waals surface area contributed by atoms with Crippen LogP contribution in [0, 0.1) is 5.92 Å². The molecule has 190 valence electrons. The molecule has 5 rings (SSSR count). The number of nitrogens with one attached hydrogen (secondary N) is 2. The van der Waals surface area contributed by atoms with Crippen LogP contribution in [0.3, 0.4) is 0 Å². The molecule has 1 aromatic carbocycles. The third kappa shape index (κ3) is 5.56. The number of carbonyl (C=O) groups is 1. The Bertz CT molecular complexity index is 1320. The van der Waals surface area contributed by atoms with E-state index in [9.17, 15) is 9.59 Å². The summed E-state index contributed by atoms with van der Waals surface area (Å²) in [4.78, 5) is 36.2. The predicted molar refractivity (Wildman–Crippen MR) is 141 cm³/mol. The summed E-state index contributed by atoms with van der Waals surface area (Å²) in [5.74, 6) is 1.74. The summed E-state index contributed by atoms with van der Waals surface area (Å²) in [5.41, 5.74) is 1.37. The van der Waals surface area contributed by atoms with Gasteiger partial charge in [-0.1, -0.05) is 24.4 Å². The molecule has 1 aliphatic carbocycles. The molecule has 3 aromatic rings. The molecule has 3 heterocycles. The van der Waals surface area contributed by atoms with Crippen LogP contribution in [-0.2, 0) is 11.3 Å². The summed E-state index contributed by atoms with van der Waals surface area (Å²) < 4.78 is 7.36. The van der Waals surface area contributed by atoms with Crippen molar-refractivity contribution in [2.24, 2.45) is 5.92 Å². The lowest BCUT2D eigenvalue weighted by Crippen LogP contribution is -2.31. The van der Waals surface area contributed by atoms with Gasteiger partial charge in [-0.25, -0.2) is 4.98 Å². The highest BCUT2D eigenvalue weighted by atomic mass is 35.5. The Hall–Kier alpha value is -3.33. The van der Waals surface area contributed by atoms with Gasteiger partial charge in [0.25, 0.3) is 11.5 Å². The molecule has 0 atom stereocenters. The van der Waals surface area contributed by atoms with Crippen molar-refractivity contribution in [2.75, 3.05) is 37.0 Å². The lowest BCUT2D eigenvalue weighted by molar-refractivity contribution is -0.122. The molecule has 0 bridgehead atoms. The Labute approximate surface area is 214 Å². The van der Waals surface area contributed by atoms with Crippen LogP contribution in [0.4, 0.5) is 17.5 Å². The smallest absolute Gasteiger partial charge is 0.293 e. The molecule has 0 radical (unpaired) electrons. The first-order chi connectivity index (χ1) is 17.5. The van der Waals surface area contributed by atoms with Gasteiger partial charge < -0.3 is 24.8 Å². The number of anilines is 3. The zero-order valence-electron chi connectivity index (χ0n) is 20.4. The van der Waals surface area contributed by atoms with Crippen LogP contribution < -0.4 is 25.8 Å². The maximum absolute atomic E-state index is 13.2. The van der Waals surface area contributed by atoms with Crippen molar-refractivity contribution in [2.45, 2.75) is 45.1 Å². The summed E-state index contributed by atoms with van der Waals surface area (Å²) >= 11 is 6.43. The van der Waals surface area contributed by atoms with Crippen LogP contribution in [0.25, 0.3) is 10.9 Å². The molecule has 2 N–H and O–H groups in total. The molecule has 0 spiro atoms. The number of likely N-dealkylation sites (N-methyl/N-ethyl adjacent to an activating group) is 1. The molecule has 2 aliphatic rings.